The fraction of sp³-hybridized carbons (Fsp3) is 0.105. The van der Waals surface area contributed by atoms with E-state index in [2.05, 4.69) is 50.6 Å². The van der Waals surface area contributed by atoms with Crippen LogP contribution in [0.4, 0.5) is 0 Å². The van der Waals surface area contributed by atoms with E-state index in [4.69, 9.17) is 28.6 Å². The van der Waals surface area contributed by atoms with Gasteiger partial charge in [0.25, 0.3) is 11.8 Å². The molecule has 2 aromatic carbocycles. The molecule has 0 spiro atoms. The lowest BCUT2D eigenvalue weighted by atomic mass is 10.1. The number of carbonyl (C=O) groups is 2. The Labute approximate surface area is 209 Å². The van der Waals surface area contributed by atoms with Crippen LogP contribution >= 0.6 is 80.8 Å². The Morgan fingerprint density at radius 3 is 2.69 bits per heavy atom. The molecule has 0 bridgehead atoms. The van der Waals surface area contributed by atoms with Gasteiger partial charge in [0.1, 0.15) is 5.75 Å². The van der Waals surface area contributed by atoms with Crippen LogP contribution in [0.2, 0.25) is 5.02 Å². The molecule has 5 nitrogen and oxygen atoms in total. The number of carbonyl (C=O) groups excluding carboxylic acids is 2. The molecule has 29 heavy (non-hydrogen) atoms. The zero-order valence-corrected chi connectivity index (χ0v) is 21.8. The van der Waals surface area contributed by atoms with Crippen molar-refractivity contribution < 1.29 is 14.3 Å². The molecule has 2 aromatic rings. The van der Waals surface area contributed by atoms with Gasteiger partial charge >= 0.3 is 0 Å². The van der Waals surface area contributed by atoms with Gasteiger partial charge in [-0.2, -0.15) is 5.01 Å². The van der Waals surface area contributed by atoms with Gasteiger partial charge in [0.2, 0.25) is 0 Å². The number of aryl methyl sites for hydroxylation is 1. The van der Waals surface area contributed by atoms with Gasteiger partial charge in [0.05, 0.1) is 26.2 Å². The number of hydrazine groups is 1. The first kappa shape index (κ1) is 22.8. The second-order valence-corrected chi connectivity index (χ2v) is 10.4. The maximum Gasteiger partial charge on any atom is 0.285 e. The first-order valence-electron chi connectivity index (χ1n) is 8.09. The van der Waals surface area contributed by atoms with Crippen LogP contribution in [0.25, 0.3) is 6.08 Å². The normalized spacial score (nSPS) is 15.2. The number of benzene rings is 2. The Hall–Kier alpha value is -0.890. The fourth-order valence-corrected chi connectivity index (χ4v) is 6.18. The summed E-state index contributed by atoms with van der Waals surface area (Å²) in [6.07, 6.45) is 1.72. The van der Waals surface area contributed by atoms with Crippen LogP contribution in [0, 0.1) is 14.1 Å². The zero-order chi connectivity index (χ0) is 21.3. The number of thioether (sulfide) groups is 1. The number of nitrogens with one attached hydrogen (secondary N) is 1. The summed E-state index contributed by atoms with van der Waals surface area (Å²) in [7, 11) is 1.58. The lowest BCUT2D eigenvalue weighted by molar-refractivity contribution is -0.123. The van der Waals surface area contributed by atoms with Crippen molar-refractivity contribution in [1.29, 1.82) is 0 Å². The molecule has 0 aromatic heterocycles. The summed E-state index contributed by atoms with van der Waals surface area (Å²) in [5.74, 6) is -0.242. The molecule has 1 saturated heterocycles. The maximum atomic E-state index is 12.9. The van der Waals surface area contributed by atoms with Crippen molar-refractivity contribution in [3.05, 3.63) is 64.1 Å². The number of hydrogen-bond acceptors (Lipinski definition) is 5. The third kappa shape index (κ3) is 5.06. The van der Waals surface area contributed by atoms with E-state index in [0.717, 1.165) is 35.0 Å². The molecular formula is C19H13ClI2N2O3S2. The standard InChI is InChI=1S/C19H13ClI2N2O3S2/c1-9-3-4-12(13(20)5-9)17(25)23-24-18(26)15(29-19(24)28)7-10-6-11(21)8-14(22)16(10)27-2/h3-8H,1-2H3,(H,23,25)/b15-7+. The minimum absolute atomic E-state index is 0.233. The zero-order valence-electron chi connectivity index (χ0n) is 15.1. The lowest BCUT2D eigenvalue weighted by Crippen LogP contribution is -2.44. The van der Waals surface area contributed by atoms with Crippen LogP contribution in [-0.2, 0) is 4.79 Å². The molecule has 10 heteroatoms. The Morgan fingerprint density at radius 2 is 2.03 bits per heavy atom. The molecule has 0 unspecified atom stereocenters. The number of amides is 2. The number of ether oxygens (including phenoxy) is 1. The molecule has 1 heterocycles. The van der Waals surface area contributed by atoms with Gasteiger partial charge in [-0.1, -0.05) is 29.4 Å². The van der Waals surface area contributed by atoms with Crippen LogP contribution in [-0.4, -0.2) is 28.3 Å². The largest absolute Gasteiger partial charge is 0.495 e. The lowest BCUT2D eigenvalue weighted by Gasteiger charge is -2.16. The summed E-state index contributed by atoms with van der Waals surface area (Å²) >= 11 is 16.9. The molecule has 0 saturated carbocycles. The molecule has 3 rings (SSSR count). The number of halogens is 3. The van der Waals surface area contributed by atoms with Crippen LogP contribution in [0.5, 0.6) is 5.75 Å². The van der Waals surface area contributed by atoms with Gasteiger partial charge in [-0.3, -0.25) is 15.0 Å². The van der Waals surface area contributed by atoms with E-state index in [-0.39, 0.29) is 9.88 Å². The van der Waals surface area contributed by atoms with E-state index in [1.807, 2.05) is 19.1 Å². The summed E-state index contributed by atoms with van der Waals surface area (Å²) in [4.78, 5) is 25.8. The van der Waals surface area contributed by atoms with Crippen molar-refractivity contribution in [3.8, 4) is 5.75 Å². The van der Waals surface area contributed by atoms with E-state index in [1.54, 1.807) is 31.4 Å². The highest BCUT2D eigenvalue weighted by Gasteiger charge is 2.34. The van der Waals surface area contributed by atoms with Crippen molar-refractivity contribution in [3.63, 3.8) is 0 Å². The van der Waals surface area contributed by atoms with Gasteiger partial charge in [-0.15, -0.1) is 0 Å². The second kappa shape index (κ2) is 9.50. The Kier molecular flexibility index (Phi) is 7.46. The van der Waals surface area contributed by atoms with Gasteiger partial charge in [-0.25, -0.2) is 0 Å². The smallest absolute Gasteiger partial charge is 0.285 e. The number of methoxy groups -OCH3 is 1. The molecular weight excluding hydrogens is 658 g/mol. The summed E-state index contributed by atoms with van der Waals surface area (Å²) in [6.45, 7) is 1.88. The molecule has 0 atom stereocenters. The van der Waals surface area contributed by atoms with E-state index < -0.39 is 11.8 Å². The molecule has 0 aliphatic carbocycles. The maximum absolute atomic E-state index is 12.9. The van der Waals surface area contributed by atoms with Crippen molar-refractivity contribution in [2.24, 2.45) is 0 Å². The third-order valence-electron chi connectivity index (χ3n) is 3.90. The van der Waals surface area contributed by atoms with Crippen LogP contribution in [0.3, 0.4) is 0 Å². The SMILES string of the molecule is COc1c(I)cc(I)cc1/C=C1/SC(=S)N(NC(=O)c2ccc(C)cc2Cl)C1=O. The molecule has 2 amide bonds. The van der Waals surface area contributed by atoms with Crippen LogP contribution in [0.15, 0.2) is 35.2 Å². The molecule has 1 aliphatic rings. The number of rotatable bonds is 4. The summed E-state index contributed by atoms with van der Waals surface area (Å²) in [5, 5.41) is 1.37. The van der Waals surface area contributed by atoms with Gasteiger partial charge < -0.3 is 4.74 Å². The van der Waals surface area contributed by atoms with Gasteiger partial charge in [0, 0.05) is 9.13 Å². The monoisotopic (exact) mass is 670 g/mol. The van der Waals surface area contributed by atoms with Crippen LogP contribution in [0.1, 0.15) is 21.5 Å². The average molecular weight is 671 g/mol. The summed E-state index contributed by atoms with van der Waals surface area (Å²) in [5.41, 5.74) is 4.51. The first-order chi connectivity index (χ1) is 13.7. The summed E-state index contributed by atoms with van der Waals surface area (Å²) in [6, 6.07) is 8.97. The van der Waals surface area contributed by atoms with Crippen molar-refractivity contribution in [2.75, 3.05) is 7.11 Å². The predicted molar refractivity (Wildman–Crippen MR) is 137 cm³/mol. The third-order valence-corrected chi connectivity index (χ3v) is 6.94. The van der Waals surface area contributed by atoms with Gasteiger partial charge in [0.15, 0.2) is 4.32 Å². The quantitative estimate of drug-likeness (QED) is 0.268. The highest BCUT2D eigenvalue weighted by molar-refractivity contribution is 14.1. The first-order valence-corrected chi connectivity index (χ1v) is 11.9. The number of nitrogens with zero attached hydrogens (tertiary/aromatic N) is 1. The van der Waals surface area contributed by atoms with E-state index in [0.29, 0.717) is 15.7 Å². The second-order valence-electron chi connectivity index (χ2n) is 5.95. The summed E-state index contributed by atoms with van der Waals surface area (Å²) < 4.78 is 7.64. The highest BCUT2D eigenvalue weighted by atomic mass is 127. The van der Waals surface area contributed by atoms with Crippen molar-refractivity contribution >= 4 is 103 Å². The van der Waals surface area contributed by atoms with Gasteiger partial charge in [-0.05, 0) is 100 Å². The van der Waals surface area contributed by atoms with Crippen LogP contribution < -0.4 is 10.2 Å². The Balaban J connectivity index is 1.87. The molecule has 1 N–H and O–H groups in total. The van der Waals surface area contributed by atoms with Crippen molar-refractivity contribution in [1.82, 2.24) is 10.4 Å². The molecule has 1 fully saturated rings. The van der Waals surface area contributed by atoms with Crippen molar-refractivity contribution in [2.45, 2.75) is 6.92 Å². The molecule has 1 aliphatic heterocycles. The minimum Gasteiger partial charge on any atom is -0.495 e. The minimum atomic E-state index is -0.506. The predicted octanol–water partition coefficient (Wildman–Crippen LogP) is 5.41. The van der Waals surface area contributed by atoms with E-state index in [9.17, 15) is 9.59 Å². The Morgan fingerprint density at radius 1 is 1.31 bits per heavy atom. The Bertz CT molecular complexity index is 1080. The number of thiocarbonyl (C=S) groups is 1. The molecule has 0 radical (unpaired) electrons. The van der Waals surface area contributed by atoms with E-state index >= 15 is 0 Å². The topological polar surface area (TPSA) is 58.6 Å². The molecule has 150 valence electrons. The highest BCUT2D eigenvalue weighted by Crippen LogP contribution is 2.35. The average Bonchev–Trinajstić information content (AvgIpc) is 2.88. The number of hydrogen-bond donors (Lipinski definition) is 1. The fourth-order valence-electron chi connectivity index (χ4n) is 2.57. The van der Waals surface area contributed by atoms with E-state index in [1.165, 1.54) is 0 Å².